The van der Waals surface area contributed by atoms with Gasteiger partial charge in [0.25, 0.3) is 5.91 Å². The molecule has 0 aliphatic carbocycles. The number of aromatic hydroxyl groups is 1. The second kappa shape index (κ2) is 6.21. The number of nitrogens with zero attached hydrogens (tertiary/aromatic N) is 4. The average Bonchev–Trinajstić information content (AvgIpc) is 3.13. The Kier molecular flexibility index (Phi) is 4.12. The van der Waals surface area contributed by atoms with E-state index in [1.807, 2.05) is 42.6 Å². The van der Waals surface area contributed by atoms with Crippen LogP contribution in [0.2, 0.25) is 0 Å². The molecule has 0 saturated carbocycles. The van der Waals surface area contributed by atoms with Crippen molar-refractivity contribution in [2.75, 3.05) is 7.05 Å². The first kappa shape index (κ1) is 15.2. The summed E-state index contributed by atoms with van der Waals surface area (Å²) in [5.41, 5.74) is 1.74. The predicted molar refractivity (Wildman–Crippen MR) is 87.9 cm³/mol. The van der Waals surface area contributed by atoms with Crippen LogP contribution in [0.15, 0.2) is 41.9 Å². The van der Waals surface area contributed by atoms with E-state index in [1.165, 1.54) is 27.1 Å². The maximum atomic E-state index is 12.5. The zero-order valence-electron chi connectivity index (χ0n) is 12.8. The van der Waals surface area contributed by atoms with Gasteiger partial charge in [0, 0.05) is 18.1 Å². The fourth-order valence-corrected chi connectivity index (χ4v) is 2.99. The SMILES string of the molecule is Cc1csc(CN(C)C(=O)c2nn(-c3ccccc3)cc2O)n1. The number of aryl methyl sites for hydroxylation is 1. The molecule has 3 rings (SSSR count). The van der Waals surface area contributed by atoms with Gasteiger partial charge in [-0.25, -0.2) is 9.67 Å². The van der Waals surface area contributed by atoms with Gasteiger partial charge < -0.3 is 10.0 Å². The lowest BCUT2D eigenvalue weighted by molar-refractivity contribution is 0.0775. The molecule has 3 aromatic rings. The molecule has 7 heteroatoms. The van der Waals surface area contributed by atoms with Crippen molar-refractivity contribution in [2.24, 2.45) is 0 Å². The van der Waals surface area contributed by atoms with Gasteiger partial charge in [-0.1, -0.05) is 18.2 Å². The molecule has 0 unspecified atom stereocenters. The van der Waals surface area contributed by atoms with E-state index in [1.54, 1.807) is 7.05 Å². The molecule has 6 nitrogen and oxygen atoms in total. The van der Waals surface area contributed by atoms with Crippen LogP contribution in [0.5, 0.6) is 5.75 Å². The monoisotopic (exact) mass is 328 g/mol. The highest BCUT2D eigenvalue weighted by Gasteiger charge is 2.21. The van der Waals surface area contributed by atoms with Crippen molar-refractivity contribution in [1.82, 2.24) is 19.7 Å². The first-order valence-electron chi connectivity index (χ1n) is 7.05. The summed E-state index contributed by atoms with van der Waals surface area (Å²) in [6.45, 7) is 2.30. The first-order valence-corrected chi connectivity index (χ1v) is 7.93. The van der Waals surface area contributed by atoms with Crippen molar-refractivity contribution < 1.29 is 9.90 Å². The summed E-state index contributed by atoms with van der Waals surface area (Å²) in [5.74, 6) is -0.481. The summed E-state index contributed by atoms with van der Waals surface area (Å²) in [5, 5.41) is 17.0. The molecule has 1 N–H and O–H groups in total. The molecule has 0 aliphatic rings. The zero-order chi connectivity index (χ0) is 16.4. The van der Waals surface area contributed by atoms with Crippen LogP contribution in [0.25, 0.3) is 5.69 Å². The quantitative estimate of drug-likeness (QED) is 0.799. The van der Waals surface area contributed by atoms with Crippen molar-refractivity contribution in [3.63, 3.8) is 0 Å². The summed E-state index contributed by atoms with van der Waals surface area (Å²) < 4.78 is 1.49. The molecule has 0 atom stereocenters. The van der Waals surface area contributed by atoms with Crippen LogP contribution in [-0.4, -0.2) is 37.7 Å². The number of thiazole rings is 1. The number of aromatic nitrogens is 3. The lowest BCUT2D eigenvalue weighted by Gasteiger charge is -2.14. The van der Waals surface area contributed by atoms with Crippen LogP contribution >= 0.6 is 11.3 Å². The van der Waals surface area contributed by atoms with Crippen LogP contribution in [0.3, 0.4) is 0 Å². The Labute approximate surface area is 137 Å². The Morgan fingerprint density at radius 2 is 2.09 bits per heavy atom. The van der Waals surface area contributed by atoms with Crippen LogP contribution in [0.4, 0.5) is 0 Å². The number of carbonyl (C=O) groups is 1. The molecule has 0 radical (unpaired) electrons. The van der Waals surface area contributed by atoms with Crippen molar-refractivity contribution in [1.29, 1.82) is 0 Å². The number of hydrogen-bond acceptors (Lipinski definition) is 5. The van der Waals surface area contributed by atoms with Crippen molar-refractivity contribution in [3.05, 3.63) is 58.3 Å². The average molecular weight is 328 g/mol. The van der Waals surface area contributed by atoms with Gasteiger partial charge in [0.2, 0.25) is 0 Å². The third-order valence-electron chi connectivity index (χ3n) is 3.30. The number of benzene rings is 1. The van der Waals surface area contributed by atoms with Gasteiger partial charge in [-0.3, -0.25) is 4.79 Å². The summed E-state index contributed by atoms with van der Waals surface area (Å²) >= 11 is 1.50. The molecule has 23 heavy (non-hydrogen) atoms. The molecule has 0 bridgehead atoms. The van der Waals surface area contributed by atoms with Gasteiger partial charge >= 0.3 is 0 Å². The molecule has 0 saturated heterocycles. The Hall–Kier alpha value is -2.67. The molecule has 2 aromatic heterocycles. The highest BCUT2D eigenvalue weighted by Crippen LogP contribution is 2.20. The fraction of sp³-hybridized carbons (Fsp3) is 0.188. The summed E-state index contributed by atoms with van der Waals surface area (Å²) in [6, 6.07) is 9.33. The van der Waals surface area contributed by atoms with E-state index < -0.39 is 0 Å². The van der Waals surface area contributed by atoms with Crippen LogP contribution < -0.4 is 0 Å². The summed E-state index contributed by atoms with van der Waals surface area (Å²) in [4.78, 5) is 18.3. The molecule has 118 valence electrons. The lowest BCUT2D eigenvalue weighted by Crippen LogP contribution is -2.26. The minimum absolute atomic E-state index is 0.0321. The van der Waals surface area contributed by atoms with E-state index in [0.29, 0.717) is 6.54 Å². The first-order chi connectivity index (χ1) is 11.0. The van der Waals surface area contributed by atoms with Crippen molar-refractivity contribution in [2.45, 2.75) is 13.5 Å². The fourth-order valence-electron chi connectivity index (χ4n) is 2.16. The molecule has 0 aliphatic heterocycles. The van der Waals surface area contributed by atoms with E-state index in [9.17, 15) is 9.90 Å². The maximum Gasteiger partial charge on any atom is 0.278 e. The van der Waals surface area contributed by atoms with Gasteiger partial charge in [0.15, 0.2) is 11.4 Å². The standard InChI is InChI=1S/C16H16N4O2S/c1-11-10-23-14(17-11)9-19(2)16(22)15-13(21)8-20(18-15)12-6-4-3-5-7-12/h3-8,10,21H,9H2,1-2H3. The maximum absolute atomic E-state index is 12.5. The summed E-state index contributed by atoms with van der Waals surface area (Å²) in [7, 11) is 1.67. The van der Waals surface area contributed by atoms with Gasteiger partial charge in [0.1, 0.15) is 5.01 Å². The molecular weight excluding hydrogens is 312 g/mol. The summed E-state index contributed by atoms with van der Waals surface area (Å²) in [6.07, 6.45) is 1.43. The molecule has 0 fully saturated rings. The molecule has 1 amide bonds. The highest BCUT2D eigenvalue weighted by atomic mass is 32.1. The Bertz CT molecular complexity index is 826. The lowest BCUT2D eigenvalue weighted by atomic mass is 10.3. The third kappa shape index (κ3) is 3.24. The zero-order valence-corrected chi connectivity index (χ0v) is 13.6. The molecule has 1 aromatic carbocycles. The van der Waals surface area contributed by atoms with Gasteiger partial charge in [-0.05, 0) is 19.1 Å². The van der Waals surface area contributed by atoms with Crippen LogP contribution in [-0.2, 0) is 6.54 Å². The Morgan fingerprint density at radius 1 is 1.35 bits per heavy atom. The molecule has 0 spiro atoms. The van der Waals surface area contributed by atoms with Gasteiger partial charge in [0.05, 0.1) is 18.4 Å². The molecule has 2 heterocycles. The minimum atomic E-state index is -0.343. The second-order valence-electron chi connectivity index (χ2n) is 5.19. The number of amides is 1. The minimum Gasteiger partial charge on any atom is -0.504 e. The third-order valence-corrected chi connectivity index (χ3v) is 4.26. The number of carbonyl (C=O) groups excluding carboxylic acids is 1. The van der Waals surface area contributed by atoms with E-state index >= 15 is 0 Å². The van der Waals surface area contributed by atoms with Gasteiger partial charge in [-0.15, -0.1) is 11.3 Å². The highest BCUT2D eigenvalue weighted by molar-refractivity contribution is 7.09. The van der Waals surface area contributed by atoms with E-state index in [0.717, 1.165) is 16.4 Å². The van der Waals surface area contributed by atoms with Crippen molar-refractivity contribution in [3.8, 4) is 11.4 Å². The Morgan fingerprint density at radius 3 is 2.74 bits per heavy atom. The predicted octanol–water partition coefficient (Wildman–Crippen LogP) is 2.62. The van der Waals surface area contributed by atoms with E-state index in [4.69, 9.17) is 0 Å². The molecular formula is C16H16N4O2S. The van der Waals surface area contributed by atoms with E-state index in [-0.39, 0.29) is 17.4 Å². The van der Waals surface area contributed by atoms with Crippen molar-refractivity contribution >= 4 is 17.2 Å². The topological polar surface area (TPSA) is 71.2 Å². The number of rotatable bonds is 4. The van der Waals surface area contributed by atoms with E-state index in [2.05, 4.69) is 10.1 Å². The number of para-hydroxylation sites is 1. The van der Waals surface area contributed by atoms with Crippen LogP contribution in [0, 0.1) is 6.92 Å². The second-order valence-corrected chi connectivity index (χ2v) is 6.13. The Balaban J connectivity index is 1.81. The van der Waals surface area contributed by atoms with Crippen LogP contribution in [0.1, 0.15) is 21.2 Å². The smallest absolute Gasteiger partial charge is 0.278 e. The normalized spacial score (nSPS) is 10.7. The number of hydrogen-bond donors (Lipinski definition) is 1. The largest absolute Gasteiger partial charge is 0.504 e. The van der Waals surface area contributed by atoms with Gasteiger partial charge in [-0.2, -0.15) is 5.10 Å².